The Morgan fingerprint density at radius 1 is 1.07 bits per heavy atom. The van der Waals surface area contributed by atoms with E-state index >= 15 is 0 Å². The fourth-order valence-electron chi connectivity index (χ4n) is 3.50. The van der Waals surface area contributed by atoms with Crippen molar-refractivity contribution in [3.63, 3.8) is 0 Å². The zero-order valence-corrected chi connectivity index (χ0v) is 17.1. The Morgan fingerprint density at radius 3 is 2.50 bits per heavy atom. The van der Waals surface area contributed by atoms with Crippen LogP contribution in [-0.2, 0) is 4.74 Å². The molecule has 3 heterocycles. The van der Waals surface area contributed by atoms with Crippen LogP contribution in [0.15, 0.2) is 53.1 Å². The van der Waals surface area contributed by atoms with Gasteiger partial charge in [0, 0.05) is 32.2 Å². The molecule has 2 aromatic heterocycles. The van der Waals surface area contributed by atoms with E-state index in [4.69, 9.17) is 9.15 Å². The normalized spacial score (nSPS) is 14.1. The molecule has 30 heavy (non-hydrogen) atoms. The van der Waals surface area contributed by atoms with Crippen LogP contribution in [0.25, 0.3) is 17.1 Å². The molecule has 1 aliphatic rings. The minimum atomic E-state index is -0.338. The number of benzene rings is 1. The van der Waals surface area contributed by atoms with Gasteiger partial charge in [0.15, 0.2) is 5.76 Å². The van der Waals surface area contributed by atoms with Crippen LogP contribution < -0.4 is 0 Å². The van der Waals surface area contributed by atoms with E-state index in [1.165, 1.54) is 0 Å². The zero-order chi connectivity index (χ0) is 21.1. The zero-order valence-electron chi connectivity index (χ0n) is 17.1. The van der Waals surface area contributed by atoms with Crippen LogP contribution in [0.1, 0.15) is 23.0 Å². The number of aryl methyl sites for hydroxylation is 1. The minimum Gasteiger partial charge on any atom is -0.463 e. The van der Waals surface area contributed by atoms with E-state index in [-0.39, 0.29) is 12.0 Å². The Hall–Kier alpha value is -3.55. The molecule has 0 N–H and O–H groups in total. The number of amides is 2. The van der Waals surface area contributed by atoms with Crippen LogP contribution in [0.3, 0.4) is 0 Å². The highest BCUT2D eigenvalue weighted by Crippen LogP contribution is 2.24. The van der Waals surface area contributed by atoms with Crippen LogP contribution in [0, 0.1) is 6.92 Å². The van der Waals surface area contributed by atoms with Crippen molar-refractivity contribution in [1.29, 1.82) is 0 Å². The monoisotopic (exact) mass is 408 g/mol. The SMILES string of the molecule is CCOC(=O)N1CCN(C(=O)c2cc(-c3ccco3)nn2-c2cccc(C)c2)CC1. The van der Waals surface area contributed by atoms with Gasteiger partial charge >= 0.3 is 6.09 Å². The lowest BCUT2D eigenvalue weighted by Gasteiger charge is -2.34. The minimum absolute atomic E-state index is 0.134. The Kier molecular flexibility index (Phi) is 5.56. The Morgan fingerprint density at radius 2 is 1.83 bits per heavy atom. The van der Waals surface area contributed by atoms with Gasteiger partial charge in [-0.05, 0) is 43.7 Å². The van der Waals surface area contributed by atoms with Crippen molar-refractivity contribution in [2.24, 2.45) is 0 Å². The first-order valence-corrected chi connectivity index (χ1v) is 9.98. The number of ether oxygens (including phenoxy) is 1. The van der Waals surface area contributed by atoms with E-state index in [1.54, 1.807) is 39.8 Å². The van der Waals surface area contributed by atoms with E-state index in [0.29, 0.717) is 49.9 Å². The second-order valence-corrected chi connectivity index (χ2v) is 7.12. The maximum Gasteiger partial charge on any atom is 0.409 e. The summed E-state index contributed by atoms with van der Waals surface area (Å²) in [6, 6.07) is 13.2. The predicted molar refractivity (Wildman–Crippen MR) is 111 cm³/mol. The smallest absolute Gasteiger partial charge is 0.409 e. The molecule has 0 saturated carbocycles. The molecule has 0 unspecified atom stereocenters. The standard InChI is InChI=1S/C22H24N4O4/c1-3-29-22(28)25-11-9-24(10-12-25)21(27)19-15-18(20-8-5-13-30-20)23-26(19)17-7-4-6-16(2)14-17/h4-8,13-15H,3,9-12H2,1-2H3. The Labute approximate surface area is 174 Å². The van der Waals surface area contributed by atoms with Gasteiger partial charge in [-0.15, -0.1) is 0 Å². The predicted octanol–water partition coefficient (Wildman–Crippen LogP) is 3.36. The van der Waals surface area contributed by atoms with Crippen LogP contribution in [0.4, 0.5) is 4.79 Å². The third kappa shape index (κ3) is 3.94. The molecule has 1 saturated heterocycles. The first kappa shape index (κ1) is 19.8. The van der Waals surface area contributed by atoms with E-state index in [0.717, 1.165) is 11.3 Å². The number of carbonyl (C=O) groups excluding carboxylic acids is 2. The highest BCUT2D eigenvalue weighted by Gasteiger charge is 2.28. The fourth-order valence-corrected chi connectivity index (χ4v) is 3.50. The summed E-state index contributed by atoms with van der Waals surface area (Å²) in [5.41, 5.74) is 2.93. The summed E-state index contributed by atoms with van der Waals surface area (Å²) >= 11 is 0. The first-order valence-electron chi connectivity index (χ1n) is 9.98. The van der Waals surface area contributed by atoms with Gasteiger partial charge in [0.05, 0.1) is 18.6 Å². The molecule has 0 radical (unpaired) electrons. The number of carbonyl (C=O) groups is 2. The lowest BCUT2D eigenvalue weighted by Crippen LogP contribution is -2.51. The van der Waals surface area contributed by atoms with Gasteiger partial charge in [0.25, 0.3) is 5.91 Å². The molecule has 1 aromatic carbocycles. The van der Waals surface area contributed by atoms with Gasteiger partial charge in [0.2, 0.25) is 0 Å². The third-order valence-electron chi connectivity index (χ3n) is 5.04. The summed E-state index contributed by atoms with van der Waals surface area (Å²) in [7, 11) is 0. The average molecular weight is 408 g/mol. The molecule has 3 aromatic rings. The highest BCUT2D eigenvalue weighted by atomic mass is 16.6. The number of nitrogens with zero attached hydrogens (tertiary/aromatic N) is 4. The van der Waals surface area contributed by atoms with Crippen molar-refractivity contribution in [2.75, 3.05) is 32.8 Å². The van der Waals surface area contributed by atoms with E-state index in [2.05, 4.69) is 5.10 Å². The van der Waals surface area contributed by atoms with Crippen molar-refractivity contribution in [2.45, 2.75) is 13.8 Å². The third-order valence-corrected chi connectivity index (χ3v) is 5.04. The fraction of sp³-hybridized carbons (Fsp3) is 0.318. The van der Waals surface area contributed by atoms with E-state index in [9.17, 15) is 9.59 Å². The van der Waals surface area contributed by atoms with Gasteiger partial charge in [-0.25, -0.2) is 9.48 Å². The Balaban J connectivity index is 1.61. The molecular formula is C22H24N4O4. The first-order chi connectivity index (χ1) is 14.6. The summed E-state index contributed by atoms with van der Waals surface area (Å²) in [5, 5.41) is 4.64. The van der Waals surface area contributed by atoms with Crippen LogP contribution in [-0.4, -0.2) is 64.4 Å². The number of furan rings is 1. The molecule has 0 spiro atoms. The van der Waals surface area contributed by atoms with Crippen LogP contribution in [0.5, 0.6) is 0 Å². The molecule has 2 amide bonds. The molecule has 4 rings (SSSR count). The van der Waals surface area contributed by atoms with Crippen LogP contribution in [0.2, 0.25) is 0 Å². The number of hydrogen-bond acceptors (Lipinski definition) is 5. The quantitative estimate of drug-likeness (QED) is 0.661. The lowest BCUT2D eigenvalue weighted by molar-refractivity contribution is 0.0563. The van der Waals surface area contributed by atoms with Gasteiger partial charge in [-0.2, -0.15) is 5.10 Å². The van der Waals surface area contributed by atoms with Gasteiger partial charge in [-0.3, -0.25) is 4.79 Å². The summed E-state index contributed by atoms with van der Waals surface area (Å²) in [5.74, 6) is 0.466. The summed E-state index contributed by atoms with van der Waals surface area (Å²) < 4.78 is 12.2. The van der Waals surface area contributed by atoms with E-state index < -0.39 is 0 Å². The maximum absolute atomic E-state index is 13.4. The molecule has 0 bridgehead atoms. The topological polar surface area (TPSA) is 80.8 Å². The van der Waals surface area contributed by atoms with Gasteiger partial charge < -0.3 is 19.0 Å². The van der Waals surface area contributed by atoms with Crippen molar-refractivity contribution >= 4 is 12.0 Å². The second kappa shape index (κ2) is 8.44. The molecular weight excluding hydrogens is 384 g/mol. The highest BCUT2D eigenvalue weighted by molar-refractivity contribution is 5.94. The Bertz CT molecular complexity index is 1030. The van der Waals surface area contributed by atoms with E-state index in [1.807, 2.05) is 37.3 Å². The number of aromatic nitrogens is 2. The molecule has 8 nitrogen and oxygen atoms in total. The maximum atomic E-state index is 13.4. The molecule has 0 atom stereocenters. The molecule has 156 valence electrons. The van der Waals surface area contributed by atoms with Crippen LogP contribution >= 0.6 is 0 Å². The summed E-state index contributed by atoms with van der Waals surface area (Å²) in [6.07, 6.45) is 1.24. The van der Waals surface area contributed by atoms with Gasteiger partial charge in [0.1, 0.15) is 11.4 Å². The molecule has 8 heteroatoms. The number of hydrogen-bond donors (Lipinski definition) is 0. The second-order valence-electron chi connectivity index (χ2n) is 7.12. The average Bonchev–Trinajstić information content (AvgIpc) is 3.43. The van der Waals surface area contributed by atoms with Crippen molar-refractivity contribution in [3.8, 4) is 17.1 Å². The largest absolute Gasteiger partial charge is 0.463 e. The number of rotatable bonds is 4. The molecule has 1 fully saturated rings. The lowest BCUT2D eigenvalue weighted by atomic mass is 10.2. The summed E-state index contributed by atoms with van der Waals surface area (Å²) in [6.45, 7) is 5.86. The van der Waals surface area contributed by atoms with Crippen molar-refractivity contribution in [1.82, 2.24) is 19.6 Å². The summed E-state index contributed by atoms with van der Waals surface area (Å²) in [4.78, 5) is 28.7. The van der Waals surface area contributed by atoms with Crippen molar-refractivity contribution in [3.05, 3.63) is 60.0 Å². The molecule has 1 aliphatic heterocycles. The van der Waals surface area contributed by atoms with Gasteiger partial charge in [-0.1, -0.05) is 12.1 Å². The van der Waals surface area contributed by atoms with Crippen molar-refractivity contribution < 1.29 is 18.7 Å². The molecule has 0 aliphatic carbocycles. The number of piperazine rings is 1.